The van der Waals surface area contributed by atoms with Crippen LogP contribution in [0.1, 0.15) is 16.8 Å². The van der Waals surface area contributed by atoms with Gasteiger partial charge in [-0.2, -0.15) is 0 Å². The van der Waals surface area contributed by atoms with E-state index in [-0.39, 0.29) is 5.91 Å². The van der Waals surface area contributed by atoms with Gasteiger partial charge in [0, 0.05) is 67.6 Å². The molecule has 9 nitrogen and oxygen atoms in total. The summed E-state index contributed by atoms with van der Waals surface area (Å²) in [5.74, 6) is 0.482. The van der Waals surface area contributed by atoms with Crippen molar-refractivity contribution in [2.24, 2.45) is 0 Å². The molecular weight excluding hydrogens is 468 g/mol. The molecule has 3 aromatic rings. The quantitative estimate of drug-likeness (QED) is 0.431. The Morgan fingerprint density at radius 2 is 1.59 bits per heavy atom. The van der Waals surface area contributed by atoms with E-state index < -0.39 is 0 Å². The molecule has 0 aliphatic carbocycles. The number of anilines is 3. The molecule has 2 aromatic carbocycles. The van der Waals surface area contributed by atoms with Gasteiger partial charge in [-0.05, 0) is 48.9 Å². The summed E-state index contributed by atoms with van der Waals surface area (Å²) in [5.41, 5.74) is 4.23. The fourth-order valence-electron chi connectivity index (χ4n) is 4.54. The molecule has 9 heteroatoms. The van der Waals surface area contributed by atoms with Gasteiger partial charge in [0.1, 0.15) is 0 Å². The van der Waals surface area contributed by atoms with E-state index in [1.807, 2.05) is 60.9 Å². The van der Waals surface area contributed by atoms with Gasteiger partial charge in [0.05, 0.1) is 26.4 Å². The normalized spacial score (nSPS) is 16.4. The Kier molecular flexibility index (Phi) is 8.58. The number of aromatic nitrogens is 2. The van der Waals surface area contributed by atoms with Crippen LogP contribution in [0.15, 0.2) is 60.9 Å². The van der Waals surface area contributed by atoms with Gasteiger partial charge >= 0.3 is 0 Å². The molecule has 0 spiro atoms. The molecule has 0 atom stereocenters. The highest BCUT2D eigenvalue weighted by Gasteiger charge is 2.14. The van der Waals surface area contributed by atoms with Gasteiger partial charge < -0.3 is 25.0 Å². The SMILES string of the molecule is O=C(Nc1cccc(-c2cnc(NCCCN3CCOCC3)nc2)c1)c1cccc(N2CCOCC2)c1. The Morgan fingerprint density at radius 1 is 0.865 bits per heavy atom. The van der Waals surface area contributed by atoms with Crippen molar-refractivity contribution in [3.05, 3.63) is 66.5 Å². The van der Waals surface area contributed by atoms with E-state index in [1.54, 1.807) is 0 Å². The first-order valence-corrected chi connectivity index (χ1v) is 13.0. The van der Waals surface area contributed by atoms with Gasteiger partial charge in [-0.15, -0.1) is 0 Å². The lowest BCUT2D eigenvalue weighted by Gasteiger charge is -2.29. The molecule has 194 valence electrons. The highest BCUT2D eigenvalue weighted by molar-refractivity contribution is 6.05. The molecule has 2 saturated heterocycles. The Morgan fingerprint density at radius 3 is 2.38 bits per heavy atom. The van der Waals surface area contributed by atoms with Crippen LogP contribution in [-0.4, -0.2) is 86.5 Å². The molecular formula is C28H34N6O3. The van der Waals surface area contributed by atoms with E-state index in [0.717, 1.165) is 81.4 Å². The van der Waals surface area contributed by atoms with Gasteiger partial charge in [0.2, 0.25) is 5.95 Å². The second kappa shape index (κ2) is 12.6. The summed E-state index contributed by atoms with van der Waals surface area (Å²) in [6.45, 7) is 8.61. The number of nitrogens with one attached hydrogen (secondary N) is 2. The van der Waals surface area contributed by atoms with Crippen molar-refractivity contribution in [3.63, 3.8) is 0 Å². The number of morpholine rings is 2. The molecule has 2 aliphatic heterocycles. The Labute approximate surface area is 217 Å². The van der Waals surface area contributed by atoms with Crippen LogP contribution in [0.4, 0.5) is 17.3 Å². The van der Waals surface area contributed by atoms with E-state index in [1.165, 1.54) is 0 Å². The smallest absolute Gasteiger partial charge is 0.255 e. The molecule has 2 aliphatic rings. The topological polar surface area (TPSA) is 91.9 Å². The van der Waals surface area contributed by atoms with Crippen molar-refractivity contribution in [2.75, 3.05) is 81.2 Å². The maximum absolute atomic E-state index is 13.0. The predicted molar refractivity (Wildman–Crippen MR) is 145 cm³/mol. The van der Waals surface area contributed by atoms with E-state index >= 15 is 0 Å². The highest BCUT2D eigenvalue weighted by Crippen LogP contribution is 2.23. The average Bonchev–Trinajstić information content (AvgIpc) is 2.97. The zero-order valence-electron chi connectivity index (χ0n) is 21.1. The van der Waals surface area contributed by atoms with E-state index in [2.05, 4.69) is 30.4 Å². The molecule has 1 aromatic heterocycles. The van der Waals surface area contributed by atoms with Crippen LogP contribution in [0.3, 0.4) is 0 Å². The van der Waals surface area contributed by atoms with Gasteiger partial charge in [-0.3, -0.25) is 9.69 Å². The molecule has 0 unspecified atom stereocenters. The minimum absolute atomic E-state index is 0.139. The predicted octanol–water partition coefficient (Wildman–Crippen LogP) is 3.37. The minimum Gasteiger partial charge on any atom is -0.379 e. The number of carbonyl (C=O) groups excluding carboxylic acids is 1. The molecule has 0 bridgehead atoms. The van der Waals surface area contributed by atoms with Crippen molar-refractivity contribution in [1.82, 2.24) is 14.9 Å². The number of carbonyl (C=O) groups is 1. The number of rotatable bonds is 9. The first-order chi connectivity index (χ1) is 18.2. The second-order valence-electron chi connectivity index (χ2n) is 9.21. The molecule has 37 heavy (non-hydrogen) atoms. The summed E-state index contributed by atoms with van der Waals surface area (Å²) >= 11 is 0. The minimum atomic E-state index is -0.139. The molecule has 2 fully saturated rings. The van der Waals surface area contributed by atoms with Crippen molar-refractivity contribution in [2.45, 2.75) is 6.42 Å². The largest absolute Gasteiger partial charge is 0.379 e. The van der Waals surface area contributed by atoms with E-state index in [0.29, 0.717) is 24.7 Å². The third-order valence-electron chi connectivity index (χ3n) is 6.63. The average molecular weight is 503 g/mol. The van der Waals surface area contributed by atoms with Gasteiger partial charge in [-0.1, -0.05) is 18.2 Å². The Hall–Kier alpha value is -3.53. The van der Waals surface area contributed by atoms with Crippen LogP contribution in [0.5, 0.6) is 0 Å². The zero-order valence-corrected chi connectivity index (χ0v) is 21.1. The van der Waals surface area contributed by atoms with Crippen LogP contribution < -0.4 is 15.5 Å². The van der Waals surface area contributed by atoms with E-state index in [9.17, 15) is 4.79 Å². The lowest BCUT2D eigenvalue weighted by Crippen LogP contribution is -2.37. The monoisotopic (exact) mass is 502 g/mol. The summed E-state index contributed by atoms with van der Waals surface area (Å²) in [6.07, 6.45) is 4.65. The third kappa shape index (κ3) is 7.03. The van der Waals surface area contributed by atoms with Crippen molar-refractivity contribution in [1.29, 1.82) is 0 Å². The van der Waals surface area contributed by atoms with Gasteiger partial charge in [-0.25, -0.2) is 9.97 Å². The summed E-state index contributed by atoms with van der Waals surface area (Å²) in [4.78, 5) is 26.6. The first kappa shape index (κ1) is 25.1. The molecule has 2 N–H and O–H groups in total. The number of amides is 1. The molecule has 5 rings (SSSR count). The number of ether oxygens (including phenoxy) is 2. The number of nitrogens with zero attached hydrogens (tertiary/aromatic N) is 4. The van der Waals surface area contributed by atoms with Gasteiger partial charge in [0.25, 0.3) is 5.91 Å². The fraction of sp³-hybridized carbons (Fsp3) is 0.393. The first-order valence-electron chi connectivity index (χ1n) is 13.0. The summed E-state index contributed by atoms with van der Waals surface area (Å²) < 4.78 is 10.8. The number of benzene rings is 2. The maximum Gasteiger partial charge on any atom is 0.255 e. The van der Waals surface area contributed by atoms with Crippen molar-refractivity contribution >= 4 is 23.2 Å². The molecule has 0 saturated carbocycles. The van der Waals surface area contributed by atoms with Crippen LogP contribution >= 0.6 is 0 Å². The Bertz CT molecular complexity index is 1160. The molecule has 1 amide bonds. The van der Waals surface area contributed by atoms with Crippen LogP contribution in [0, 0.1) is 0 Å². The van der Waals surface area contributed by atoms with Crippen LogP contribution in [0.2, 0.25) is 0 Å². The van der Waals surface area contributed by atoms with Crippen LogP contribution in [-0.2, 0) is 9.47 Å². The maximum atomic E-state index is 13.0. The van der Waals surface area contributed by atoms with Crippen LogP contribution in [0.25, 0.3) is 11.1 Å². The lowest BCUT2D eigenvalue weighted by molar-refractivity contribution is 0.0378. The summed E-state index contributed by atoms with van der Waals surface area (Å²) in [6, 6.07) is 15.5. The molecule has 0 radical (unpaired) electrons. The number of hydrogen-bond donors (Lipinski definition) is 2. The number of hydrogen-bond acceptors (Lipinski definition) is 8. The Balaban J connectivity index is 1.15. The second-order valence-corrected chi connectivity index (χ2v) is 9.21. The van der Waals surface area contributed by atoms with Crippen molar-refractivity contribution < 1.29 is 14.3 Å². The fourth-order valence-corrected chi connectivity index (χ4v) is 4.54. The van der Waals surface area contributed by atoms with E-state index in [4.69, 9.17) is 9.47 Å². The van der Waals surface area contributed by atoms with Crippen molar-refractivity contribution in [3.8, 4) is 11.1 Å². The van der Waals surface area contributed by atoms with Gasteiger partial charge in [0.15, 0.2) is 0 Å². The lowest BCUT2D eigenvalue weighted by atomic mass is 10.1. The summed E-state index contributed by atoms with van der Waals surface area (Å²) in [5, 5.41) is 6.32. The standard InChI is InChI=1S/C28H34N6O3/c35-27(23-5-2-7-26(19-23)34-12-16-37-17-13-34)32-25-6-1-4-22(18-25)24-20-30-28(31-21-24)29-8-3-9-33-10-14-36-15-11-33/h1-2,4-7,18-21H,3,8-17H2,(H,32,35)(H,29,30,31). The summed E-state index contributed by atoms with van der Waals surface area (Å²) in [7, 11) is 0. The third-order valence-corrected chi connectivity index (χ3v) is 6.63. The molecule has 3 heterocycles. The zero-order chi connectivity index (χ0) is 25.3. The highest BCUT2D eigenvalue weighted by atomic mass is 16.5.